The van der Waals surface area contributed by atoms with E-state index in [2.05, 4.69) is 4.90 Å². The second kappa shape index (κ2) is 8.57. The molecule has 0 N–H and O–H groups in total. The topological polar surface area (TPSA) is 42.0 Å². The van der Waals surface area contributed by atoms with E-state index in [0.717, 1.165) is 31.8 Å². The summed E-state index contributed by atoms with van der Waals surface area (Å²) in [6, 6.07) is 6.29. The molecule has 0 bridgehead atoms. The standard InChI is InChI=1S/C21H29FN2O3/c22-17-4-6-19(7-5-17)26-14-20-13-24(21(25)15-27-20)18-8-10-23(11-9-18)12-16-2-1-3-16/h4-7,16,18,20H,1-3,8-15H2/t20-/m1/s1. The summed E-state index contributed by atoms with van der Waals surface area (Å²) in [6.45, 7) is 4.48. The average molecular weight is 376 g/mol. The van der Waals surface area contributed by atoms with Crippen LogP contribution in [-0.2, 0) is 9.53 Å². The van der Waals surface area contributed by atoms with Crippen LogP contribution in [0.5, 0.6) is 5.75 Å². The first-order chi connectivity index (χ1) is 13.2. The third-order valence-corrected chi connectivity index (χ3v) is 6.15. The summed E-state index contributed by atoms with van der Waals surface area (Å²) in [5, 5.41) is 0. The van der Waals surface area contributed by atoms with Crippen LogP contribution in [0.25, 0.3) is 0 Å². The van der Waals surface area contributed by atoms with Crippen molar-refractivity contribution in [3.63, 3.8) is 0 Å². The number of morpholine rings is 1. The van der Waals surface area contributed by atoms with E-state index in [-0.39, 0.29) is 24.4 Å². The van der Waals surface area contributed by atoms with Crippen LogP contribution in [0.4, 0.5) is 4.39 Å². The maximum absolute atomic E-state index is 13.0. The van der Waals surface area contributed by atoms with E-state index in [4.69, 9.17) is 9.47 Å². The molecule has 2 aliphatic heterocycles. The number of carbonyl (C=O) groups excluding carboxylic acids is 1. The highest BCUT2D eigenvalue weighted by atomic mass is 19.1. The average Bonchev–Trinajstić information content (AvgIpc) is 2.66. The zero-order chi connectivity index (χ0) is 18.6. The number of amides is 1. The Labute approximate surface area is 160 Å². The molecule has 0 aromatic heterocycles. The molecule has 0 radical (unpaired) electrons. The molecular formula is C21H29FN2O3. The Morgan fingerprint density at radius 1 is 1.11 bits per heavy atom. The van der Waals surface area contributed by atoms with E-state index in [1.54, 1.807) is 12.1 Å². The predicted molar refractivity (Wildman–Crippen MR) is 100 cm³/mol. The number of benzene rings is 1. The molecule has 0 unspecified atom stereocenters. The van der Waals surface area contributed by atoms with Crippen molar-refractivity contribution in [2.24, 2.45) is 5.92 Å². The first-order valence-corrected chi connectivity index (χ1v) is 10.2. The lowest BCUT2D eigenvalue weighted by Gasteiger charge is -2.43. The van der Waals surface area contributed by atoms with Gasteiger partial charge in [-0.3, -0.25) is 4.79 Å². The molecule has 4 rings (SSSR count). The summed E-state index contributed by atoms with van der Waals surface area (Å²) in [4.78, 5) is 16.9. The summed E-state index contributed by atoms with van der Waals surface area (Å²) >= 11 is 0. The fraction of sp³-hybridized carbons (Fsp3) is 0.667. The van der Waals surface area contributed by atoms with Gasteiger partial charge in [0.15, 0.2) is 0 Å². The number of hydrogen-bond donors (Lipinski definition) is 0. The van der Waals surface area contributed by atoms with Crippen molar-refractivity contribution in [3.8, 4) is 5.75 Å². The fourth-order valence-corrected chi connectivity index (χ4v) is 4.27. The second-order valence-electron chi connectivity index (χ2n) is 8.07. The first kappa shape index (κ1) is 18.7. The lowest BCUT2D eigenvalue weighted by molar-refractivity contribution is -0.155. The zero-order valence-corrected chi connectivity index (χ0v) is 15.8. The van der Waals surface area contributed by atoms with E-state index in [1.807, 2.05) is 4.90 Å². The Kier molecular flexibility index (Phi) is 5.93. The summed E-state index contributed by atoms with van der Waals surface area (Å²) in [5.41, 5.74) is 0. The molecule has 2 heterocycles. The number of nitrogens with zero attached hydrogens (tertiary/aromatic N) is 2. The molecule has 27 heavy (non-hydrogen) atoms. The van der Waals surface area contributed by atoms with E-state index < -0.39 is 0 Å². The van der Waals surface area contributed by atoms with Crippen molar-refractivity contribution in [2.75, 3.05) is 39.4 Å². The maximum atomic E-state index is 13.0. The molecular weight excluding hydrogens is 347 g/mol. The minimum absolute atomic E-state index is 0.0884. The monoisotopic (exact) mass is 376 g/mol. The lowest BCUT2D eigenvalue weighted by atomic mass is 9.84. The number of ether oxygens (including phenoxy) is 2. The van der Waals surface area contributed by atoms with Crippen LogP contribution in [0.2, 0.25) is 0 Å². The van der Waals surface area contributed by atoms with Gasteiger partial charge in [-0.25, -0.2) is 4.39 Å². The van der Waals surface area contributed by atoms with Crippen molar-refractivity contribution in [1.82, 2.24) is 9.80 Å². The smallest absolute Gasteiger partial charge is 0.248 e. The molecule has 1 amide bonds. The van der Waals surface area contributed by atoms with E-state index in [1.165, 1.54) is 37.9 Å². The molecule has 6 heteroatoms. The largest absolute Gasteiger partial charge is 0.491 e. The van der Waals surface area contributed by atoms with Crippen LogP contribution in [0.1, 0.15) is 32.1 Å². The van der Waals surface area contributed by atoms with Gasteiger partial charge >= 0.3 is 0 Å². The molecule has 1 aromatic rings. The summed E-state index contributed by atoms with van der Waals surface area (Å²) in [5.74, 6) is 1.33. The minimum atomic E-state index is -0.281. The molecule has 1 atom stereocenters. The van der Waals surface area contributed by atoms with Crippen molar-refractivity contribution >= 4 is 5.91 Å². The van der Waals surface area contributed by atoms with Crippen LogP contribution in [0.15, 0.2) is 24.3 Å². The second-order valence-corrected chi connectivity index (χ2v) is 8.07. The number of likely N-dealkylation sites (tertiary alicyclic amines) is 1. The van der Waals surface area contributed by atoms with Crippen molar-refractivity contribution in [3.05, 3.63) is 30.1 Å². The molecule has 3 aliphatic rings. The van der Waals surface area contributed by atoms with E-state index in [9.17, 15) is 9.18 Å². The summed E-state index contributed by atoms with van der Waals surface area (Å²) < 4.78 is 24.3. The Bertz CT molecular complexity index is 627. The van der Waals surface area contributed by atoms with Gasteiger partial charge in [0.25, 0.3) is 0 Å². The summed E-state index contributed by atoms with van der Waals surface area (Å²) in [7, 11) is 0. The molecule has 3 fully saturated rings. The van der Waals surface area contributed by atoms with Gasteiger partial charge < -0.3 is 19.3 Å². The van der Waals surface area contributed by atoms with E-state index in [0.29, 0.717) is 24.9 Å². The minimum Gasteiger partial charge on any atom is -0.491 e. The van der Waals surface area contributed by atoms with Gasteiger partial charge in [-0.05, 0) is 55.9 Å². The van der Waals surface area contributed by atoms with Gasteiger partial charge in [0, 0.05) is 25.7 Å². The molecule has 0 spiro atoms. The summed E-state index contributed by atoms with van der Waals surface area (Å²) in [6.07, 6.45) is 6.12. The fourth-order valence-electron chi connectivity index (χ4n) is 4.27. The molecule has 1 aromatic carbocycles. The Hall–Kier alpha value is -1.66. The SMILES string of the molecule is O=C1CO[C@@H](COc2ccc(F)cc2)CN1C1CCN(CC2CCC2)CC1. The van der Waals surface area contributed by atoms with Gasteiger partial charge in [-0.1, -0.05) is 6.42 Å². The number of piperidine rings is 1. The number of hydrogen-bond acceptors (Lipinski definition) is 4. The molecule has 2 saturated heterocycles. The van der Waals surface area contributed by atoms with Gasteiger partial charge in [0.05, 0.1) is 6.54 Å². The van der Waals surface area contributed by atoms with Crippen molar-refractivity contribution in [2.45, 2.75) is 44.2 Å². The van der Waals surface area contributed by atoms with E-state index >= 15 is 0 Å². The third-order valence-electron chi connectivity index (χ3n) is 6.15. The highest BCUT2D eigenvalue weighted by molar-refractivity contribution is 5.78. The van der Waals surface area contributed by atoms with Gasteiger partial charge in [0.1, 0.15) is 30.9 Å². The lowest BCUT2D eigenvalue weighted by Crippen LogP contribution is -2.55. The Morgan fingerprint density at radius 3 is 2.52 bits per heavy atom. The van der Waals surface area contributed by atoms with Crippen LogP contribution in [0.3, 0.4) is 0 Å². The first-order valence-electron chi connectivity index (χ1n) is 10.2. The Morgan fingerprint density at radius 2 is 1.85 bits per heavy atom. The molecule has 1 saturated carbocycles. The molecule has 148 valence electrons. The van der Waals surface area contributed by atoms with Crippen LogP contribution in [0, 0.1) is 11.7 Å². The third kappa shape index (κ3) is 4.79. The quantitative estimate of drug-likeness (QED) is 0.766. The van der Waals surface area contributed by atoms with Gasteiger partial charge in [-0.15, -0.1) is 0 Å². The van der Waals surface area contributed by atoms with Crippen LogP contribution in [-0.4, -0.2) is 67.2 Å². The molecule has 1 aliphatic carbocycles. The number of halogens is 1. The zero-order valence-electron chi connectivity index (χ0n) is 15.8. The highest BCUT2D eigenvalue weighted by Crippen LogP contribution is 2.29. The normalized spacial score (nSPS) is 25.4. The highest BCUT2D eigenvalue weighted by Gasteiger charge is 2.34. The number of rotatable bonds is 6. The molecule has 5 nitrogen and oxygen atoms in total. The van der Waals surface area contributed by atoms with Crippen LogP contribution < -0.4 is 4.74 Å². The maximum Gasteiger partial charge on any atom is 0.248 e. The Balaban J connectivity index is 1.25. The van der Waals surface area contributed by atoms with Crippen molar-refractivity contribution in [1.29, 1.82) is 0 Å². The number of carbonyl (C=O) groups is 1. The van der Waals surface area contributed by atoms with Crippen LogP contribution >= 0.6 is 0 Å². The van der Waals surface area contributed by atoms with Crippen molar-refractivity contribution < 1.29 is 18.7 Å². The predicted octanol–water partition coefficient (Wildman–Crippen LogP) is 2.70. The van der Waals surface area contributed by atoms with Gasteiger partial charge in [0.2, 0.25) is 5.91 Å². The van der Waals surface area contributed by atoms with Gasteiger partial charge in [-0.2, -0.15) is 0 Å².